The lowest BCUT2D eigenvalue weighted by Gasteiger charge is -2.20. The standard InChI is InChI=1S/C11H15ClFN/c1-7(2)11(12)8(3)10-5-4-9(13)6-14-10/h4-8,11H,1-3H3. The predicted molar refractivity (Wildman–Crippen MR) is 57.1 cm³/mol. The first-order chi connectivity index (χ1) is 6.52. The van der Waals surface area contributed by atoms with Gasteiger partial charge in [0.05, 0.1) is 6.20 Å². The summed E-state index contributed by atoms with van der Waals surface area (Å²) in [5, 5.41) is 0.0351. The molecule has 0 aliphatic rings. The quantitative estimate of drug-likeness (QED) is 0.703. The summed E-state index contributed by atoms with van der Waals surface area (Å²) in [5.41, 5.74) is 0.847. The summed E-state index contributed by atoms with van der Waals surface area (Å²) in [5.74, 6) is 0.229. The van der Waals surface area contributed by atoms with Gasteiger partial charge in [-0.05, 0) is 18.1 Å². The van der Waals surface area contributed by atoms with Crippen molar-refractivity contribution >= 4 is 11.6 Å². The van der Waals surface area contributed by atoms with E-state index >= 15 is 0 Å². The number of nitrogens with zero attached hydrogens (tertiary/aromatic N) is 1. The average molecular weight is 216 g/mol. The van der Waals surface area contributed by atoms with Crippen LogP contribution < -0.4 is 0 Å². The highest BCUT2D eigenvalue weighted by molar-refractivity contribution is 6.21. The predicted octanol–water partition coefficient (Wildman–Crippen LogP) is 3.59. The molecule has 0 amide bonds. The van der Waals surface area contributed by atoms with Gasteiger partial charge < -0.3 is 0 Å². The lowest BCUT2D eigenvalue weighted by Crippen LogP contribution is -2.17. The first kappa shape index (κ1) is 11.4. The summed E-state index contributed by atoms with van der Waals surface area (Å²) >= 11 is 6.21. The molecular weight excluding hydrogens is 201 g/mol. The number of aromatic nitrogens is 1. The third-order valence-corrected chi connectivity index (χ3v) is 3.21. The second-order valence-electron chi connectivity index (χ2n) is 3.88. The van der Waals surface area contributed by atoms with Crippen molar-refractivity contribution in [2.75, 3.05) is 0 Å². The number of alkyl halides is 1. The third-order valence-electron chi connectivity index (χ3n) is 2.33. The molecule has 2 unspecified atom stereocenters. The van der Waals surface area contributed by atoms with Crippen LogP contribution in [-0.2, 0) is 0 Å². The van der Waals surface area contributed by atoms with Crippen molar-refractivity contribution in [2.24, 2.45) is 5.92 Å². The maximum absolute atomic E-state index is 12.6. The number of rotatable bonds is 3. The van der Waals surface area contributed by atoms with Gasteiger partial charge in [0.1, 0.15) is 5.82 Å². The van der Waals surface area contributed by atoms with Crippen molar-refractivity contribution in [1.29, 1.82) is 0 Å². The molecule has 1 aromatic rings. The summed E-state index contributed by atoms with van der Waals surface area (Å²) in [6.07, 6.45) is 1.23. The summed E-state index contributed by atoms with van der Waals surface area (Å²) in [6.45, 7) is 6.15. The van der Waals surface area contributed by atoms with E-state index in [0.717, 1.165) is 5.69 Å². The molecule has 1 aromatic heterocycles. The van der Waals surface area contributed by atoms with Crippen LogP contribution in [0.1, 0.15) is 32.4 Å². The van der Waals surface area contributed by atoms with E-state index in [-0.39, 0.29) is 17.1 Å². The molecule has 14 heavy (non-hydrogen) atoms. The molecule has 0 aromatic carbocycles. The molecule has 1 heterocycles. The lowest BCUT2D eigenvalue weighted by molar-refractivity contribution is 0.523. The largest absolute Gasteiger partial charge is 0.258 e. The summed E-state index contributed by atoms with van der Waals surface area (Å²) < 4.78 is 12.6. The Kier molecular flexibility index (Phi) is 3.87. The van der Waals surface area contributed by atoms with Gasteiger partial charge in [-0.3, -0.25) is 4.98 Å². The van der Waals surface area contributed by atoms with E-state index in [1.165, 1.54) is 12.3 Å². The van der Waals surface area contributed by atoms with Crippen molar-refractivity contribution < 1.29 is 4.39 Å². The molecule has 78 valence electrons. The van der Waals surface area contributed by atoms with E-state index in [0.29, 0.717) is 5.92 Å². The average Bonchev–Trinajstić information content (AvgIpc) is 2.16. The van der Waals surface area contributed by atoms with Crippen LogP contribution in [-0.4, -0.2) is 10.4 Å². The van der Waals surface area contributed by atoms with Gasteiger partial charge in [-0.25, -0.2) is 4.39 Å². The SMILES string of the molecule is CC(C)C(Cl)C(C)c1ccc(F)cn1. The second-order valence-corrected chi connectivity index (χ2v) is 4.38. The van der Waals surface area contributed by atoms with Crippen LogP contribution in [0.5, 0.6) is 0 Å². The van der Waals surface area contributed by atoms with Crippen LogP contribution in [0, 0.1) is 11.7 Å². The van der Waals surface area contributed by atoms with Gasteiger partial charge in [0, 0.05) is 17.0 Å². The molecule has 1 nitrogen and oxygen atoms in total. The fourth-order valence-electron chi connectivity index (χ4n) is 1.40. The normalized spacial score (nSPS) is 15.6. The minimum atomic E-state index is -0.309. The van der Waals surface area contributed by atoms with Gasteiger partial charge in [-0.2, -0.15) is 0 Å². The fourth-order valence-corrected chi connectivity index (χ4v) is 1.53. The molecule has 0 fully saturated rings. The summed E-state index contributed by atoms with van der Waals surface area (Å²) in [7, 11) is 0. The van der Waals surface area contributed by atoms with E-state index in [9.17, 15) is 4.39 Å². The van der Waals surface area contributed by atoms with Crippen LogP contribution >= 0.6 is 11.6 Å². The smallest absolute Gasteiger partial charge is 0.141 e. The Morgan fingerprint density at radius 2 is 1.93 bits per heavy atom. The van der Waals surface area contributed by atoms with Gasteiger partial charge in [0.2, 0.25) is 0 Å². The van der Waals surface area contributed by atoms with Crippen LogP contribution in [0.15, 0.2) is 18.3 Å². The second kappa shape index (κ2) is 4.74. The Hall–Kier alpha value is -0.630. The molecule has 2 atom stereocenters. The number of halogens is 2. The lowest BCUT2D eigenvalue weighted by atomic mass is 9.95. The molecule has 0 saturated heterocycles. The topological polar surface area (TPSA) is 12.9 Å². The number of hydrogen-bond donors (Lipinski definition) is 0. The molecular formula is C11H15ClFN. The van der Waals surface area contributed by atoms with Crippen molar-refractivity contribution in [2.45, 2.75) is 32.1 Å². The van der Waals surface area contributed by atoms with Crippen LogP contribution in [0.2, 0.25) is 0 Å². The Morgan fingerprint density at radius 3 is 2.36 bits per heavy atom. The van der Waals surface area contributed by atoms with E-state index in [4.69, 9.17) is 11.6 Å². The van der Waals surface area contributed by atoms with Gasteiger partial charge >= 0.3 is 0 Å². The van der Waals surface area contributed by atoms with Crippen LogP contribution in [0.25, 0.3) is 0 Å². The Morgan fingerprint density at radius 1 is 1.29 bits per heavy atom. The van der Waals surface area contributed by atoms with E-state index in [1.807, 2.05) is 6.92 Å². The highest BCUT2D eigenvalue weighted by Crippen LogP contribution is 2.26. The first-order valence-corrected chi connectivity index (χ1v) is 5.21. The van der Waals surface area contributed by atoms with E-state index in [2.05, 4.69) is 18.8 Å². The zero-order valence-electron chi connectivity index (χ0n) is 8.67. The van der Waals surface area contributed by atoms with Gasteiger partial charge in [-0.1, -0.05) is 20.8 Å². The van der Waals surface area contributed by atoms with E-state index in [1.54, 1.807) is 6.07 Å². The maximum Gasteiger partial charge on any atom is 0.141 e. The summed E-state index contributed by atoms with van der Waals surface area (Å²) in [4.78, 5) is 4.02. The van der Waals surface area contributed by atoms with Crippen molar-refractivity contribution in [3.05, 3.63) is 29.8 Å². The molecule has 0 saturated carbocycles. The zero-order chi connectivity index (χ0) is 10.7. The van der Waals surface area contributed by atoms with Crippen LogP contribution in [0.4, 0.5) is 4.39 Å². The summed E-state index contributed by atoms with van der Waals surface area (Å²) in [6, 6.07) is 3.11. The van der Waals surface area contributed by atoms with Gasteiger partial charge in [0.25, 0.3) is 0 Å². The third kappa shape index (κ3) is 2.68. The van der Waals surface area contributed by atoms with Crippen molar-refractivity contribution in [1.82, 2.24) is 4.98 Å². The Balaban J connectivity index is 2.78. The fraction of sp³-hybridized carbons (Fsp3) is 0.545. The molecule has 0 spiro atoms. The minimum Gasteiger partial charge on any atom is -0.258 e. The van der Waals surface area contributed by atoms with Crippen molar-refractivity contribution in [3.8, 4) is 0 Å². The van der Waals surface area contributed by atoms with Crippen molar-refractivity contribution in [3.63, 3.8) is 0 Å². The van der Waals surface area contributed by atoms with Gasteiger partial charge in [0.15, 0.2) is 0 Å². The first-order valence-electron chi connectivity index (χ1n) is 4.78. The highest BCUT2D eigenvalue weighted by Gasteiger charge is 2.20. The minimum absolute atomic E-state index is 0.0351. The molecule has 0 aliphatic heterocycles. The Bertz CT molecular complexity index is 284. The monoisotopic (exact) mass is 215 g/mol. The molecule has 3 heteroatoms. The maximum atomic E-state index is 12.6. The van der Waals surface area contributed by atoms with Crippen LogP contribution in [0.3, 0.4) is 0 Å². The molecule has 0 radical (unpaired) electrons. The molecule has 0 N–H and O–H groups in total. The van der Waals surface area contributed by atoms with E-state index < -0.39 is 0 Å². The molecule has 1 rings (SSSR count). The van der Waals surface area contributed by atoms with Gasteiger partial charge in [-0.15, -0.1) is 11.6 Å². The Labute approximate surface area is 89.3 Å². The zero-order valence-corrected chi connectivity index (χ0v) is 9.42. The highest BCUT2D eigenvalue weighted by atomic mass is 35.5. The molecule has 0 aliphatic carbocycles. The number of hydrogen-bond acceptors (Lipinski definition) is 1. The number of pyridine rings is 1. The molecule has 0 bridgehead atoms.